The molecule has 17 heavy (non-hydrogen) atoms. The molecule has 1 saturated heterocycles. The van der Waals surface area contributed by atoms with Gasteiger partial charge in [0.05, 0.1) is 12.5 Å². The zero-order valence-corrected chi connectivity index (χ0v) is 10.6. The van der Waals surface area contributed by atoms with Crippen LogP contribution in [-0.4, -0.2) is 43.2 Å². The van der Waals surface area contributed by atoms with Gasteiger partial charge in [-0.25, -0.2) is 0 Å². The standard InChI is InChI=1S/C13H24N2O2/c14-12-6-3-1-2-5-11(12)13(16)15-7-4-9-17-10-8-15/h11-12H,1-10,14H2. The van der Waals surface area contributed by atoms with Crippen molar-refractivity contribution < 1.29 is 9.53 Å². The number of nitrogens with zero attached hydrogens (tertiary/aromatic N) is 1. The first-order valence-corrected chi connectivity index (χ1v) is 6.91. The van der Waals surface area contributed by atoms with Crippen molar-refractivity contribution in [3.8, 4) is 0 Å². The Morgan fingerprint density at radius 3 is 2.76 bits per heavy atom. The summed E-state index contributed by atoms with van der Waals surface area (Å²) in [6.45, 7) is 3.03. The molecule has 0 bridgehead atoms. The van der Waals surface area contributed by atoms with Gasteiger partial charge in [0.15, 0.2) is 0 Å². The summed E-state index contributed by atoms with van der Waals surface area (Å²) < 4.78 is 5.39. The number of amides is 1. The summed E-state index contributed by atoms with van der Waals surface area (Å²) in [5.41, 5.74) is 6.15. The minimum absolute atomic E-state index is 0.0515. The Bertz CT molecular complexity index is 250. The van der Waals surface area contributed by atoms with E-state index in [9.17, 15) is 4.79 Å². The van der Waals surface area contributed by atoms with E-state index in [1.54, 1.807) is 0 Å². The SMILES string of the molecule is NC1CCCCCC1C(=O)N1CCCOCC1. The number of ether oxygens (including phenoxy) is 1. The molecule has 2 atom stereocenters. The largest absolute Gasteiger partial charge is 0.380 e. The lowest BCUT2D eigenvalue weighted by atomic mass is 9.94. The lowest BCUT2D eigenvalue weighted by Gasteiger charge is -2.28. The summed E-state index contributed by atoms with van der Waals surface area (Å²) in [6, 6.07) is 0.0640. The summed E-state index contributed by atoms with van der Waals surface area (Å²) >= 11 is 0. The highest BCUT2D eigenvalue weighted by atomic mass is 16.5. The van der Waals surface area contributed by atoms with Gasteiger partial charge in [0.2, 0.25) is 5.91 Å². The Hall–Kier alpha value is -0.610. The molecule has 0 radical (unpaired) electrons. The lowest BCUT2D eigenvalue weighted by molar-refractivity contribution is -0.136. The highest BCUT2D eigenvalue weighted by Crippen LogP contribution is 2.24. The van der Waals surface area contributed by atoms with Gasteiger partial charge < -0.3 is 15.4 Å². The van der Waals surface area contributed by atoms with E-state index >= 15 is 0 Å². The maximum absolute atomic E-state index is 12.5. The minimum Gasteiger partial charge on any atom is -0.380 e. The van der Waals surface area contributed by atoms with Crippen molar-refractivity contribution in [1.29, 1.82) is 0 Å². The number of hydrogen-bond acceptors (Lipinski definition) is 3. The molecule has 2 N–H and O–H groups in total. The van der Waals surface area contributed by atoms with E-state index in [4.69, 9.17) is 10.5 Å². The second kappa shape index (κ2) is 6.36. The van der Waals surface area contributed by atoms with Crippen LogP contribution in [0.3, 0.4) is 0 Å². The van der Waals surface area contributed by atoms with E-state index in [0.717, 1.165) is 45.4 Å². The summed E-state index contributed by atoms with van der Waals surface area (Å²) in [6.07, 6.45) is 6.47. The van der Waals surface area contributed by atoms with Crippen LogP contribution in [-0.2, 0) is 9.53 Å². The quantitative estimate of drug-likeness (QED) is 0.699. The van der Waals surface area contributed by atoms with E-state index in [2.05, 4.69) is 0 Å². The number of nitrogens with two attached hydrogens (primary N) is 1. The summed E-state index contributed by atoms with van der Waals surface area (Å²) in [5, 5.41) is 0. The fourth-order valence-corrected chi connectivity index (χ4v) is 2.84. The summed E-state index contributed by atoms with van der Waals surface area (Å²) in [4.78, 5) is 14.4. The molecule has 1 aliphatic heterocycles. The van der Waals surface area contributed by atoms with Crippen molar-refractivity contribution >= 4 is 5.91 Å². The maximum atomic E-state index is 12.5. The van der Waals surface area contributed by atoms with Crippen LogP contribution in [0.25, 0.3) is 0 Å². The molecule has 1 amide bonds. The van der Waals surface area contributed by atoms with Crippen LogP contribution in [0.1, 0.15) is 38.5 Å². The molecule has 1 aliphatic carbocycles. The molecule has 0 aromatic carbocycles. The van der Waals surface area contributed by atoms with Gasteiger partial charge in [-0.15, -0.1) is 0 Å². The molecular formula is C13H24N2O2. The van der Waals surface area contributed by atoms with Crippen LogP contribution in [0.5, 0.6) is 0 Å². The first-order valence-electron chi connectivity index (χ1n) is 6.91. The molecule has 2 unspecified atom stereocenters. The molecule has 98 valence electrons. The van der Waals surface area contributed by atoms with Gasteiger partial charge in [-0.05, 0) is 19.3 Å². The fourth-order valence-electron chi connectivity index (χ4n) is 2.84. The predicted octanol–water partition coefficient (Wildman–Crippen LogP) is 1.14. The monoisotopic (exact) mass is 240 g/mol. The first kappa shape index (κ1) is 12.8. The molecule has 2 rings (SSSR count). The number of carbonyl (C=O) groups excluding carboxylic acids is 1. The van der Waals surface area contributed by atoms with Gasteiger partial charge in [-0.1, -0.05) is 19.3 Å². The Morgan fingerprint density at radius 2 is 1.88 bits per heavy atom. The maximum Gasteiger partial charge on any atom is 0.227 e. The zero-order chi connectivity index (χ0) is 12.1. The van der Waals surface area contributed by atoms with Crippen molar-refractivity contribution in [3.05, 3.63) is 0 Å². The van der Waals surface area contributed by atoms with Crippen molar-refractivity contribution in [3.63, 3.8) is 0 Å². The van der Waals surface area contributed by atoms with Gasteiger partial charge in [-0.3, -0.25) is 4.79 Å². The third-order valence-electron chi connectivity index (χ3n) is 3.92. The molecule has 0 spiro atoms. The van der Waals surface area contributed by atoms with Crippen molar-refractivity contribution in [2.24, 2.45) is 11.7 Å². The Kier molecular flexibility index (Phi) is 4.80. The molecule has 2 aliphatic rings. The highest BCUT2D eigenvalue weighted by molar-refractivity contribution is 5.79. The summed E-state index contributed by atoms with van der Waals surface area (Å²) in [5.74, 6) is 0.320. The van der Waals surface area contributed by atoms with Gasteiger partial charge in [0, 0.05) is 25.7 Å². The van der Waals surface area contributed by atoms with Crippen LogP contribution in [0, 0.1) is 5.92 Å². The molecule has 4 heteroatoms. The van der Waals surface area contributed by atoms with E-state index in [1.807, 2.05) is 4.90 Å². The van der Waals surface area contributed by atoms with Crippen LogP contribution in [0.4, 0.5) is 0 Å². The van der Waals surface area contributed by atoms with Gasteiger partial charge >= 0.3 is 0 Å². The summed E-state index contributed by atoms with van der Waals surface area (Å²) in [7, 11) is 0. The molecule has 4 nitrogen and oxygen atoms in total. The third kappa shape index (κ3) is 3.42. The average Bonchev–Trinajstić information content (AvgIpc) is 2.70. The average molecular weight is 240 g/mol. The van der Waals surface area contributed by atoms with E-state index < -0.39 is 0 Å². The first-order chi connectivity index (χ1) is 8.29. The van der Waals surface area contributed by atoms with Gasteiger partial charge in [0.1, 0.15) is 0 Å². The third-order valence-corrected chi connectivity index (χ3v) is 3.92. The molecule has 1 heterocycles. The smallest absolute Gasteiger partial charge is 0.227 e. The minimum atomic E-state index is 0.0515. The van der Waals surface area contributed by atoms with E-state index in [1.165, 1.54) is 12.8 Å². The lowest BCUT2D eigenvalue weighted by Crippen LogP contribution is -2.44. The van der Waals surface area contributed by atoms with Crippen LogP contribution in [0.2, 0.25) is 0 Å². The predicted molar refractivity (Wildman–Crippen MR) is 66.6 cm³/mol. The molecule has 0 aromatic heterocycles. The second-order valence-corrected chi connectivity index (χ2v) is 5.20. The Balaban J connectivity index is 1.96. The van der Waals surface area contributed by atoms with Crippen LogP contribution < -0.4 is 5.73 Å². The zero-order valence-electron chi connectivity index (χ0n) is 10.6. The van der Waals surface area contributed by atoms with E-state index in [0.29, 0.717) is 6.61 Å². The van der Waals surface area contributed by atoms with Crippen molar-refractivity contribution in [1.82, 2.24) is 4.90 Å². The normalized spacial score (nSPS) is 31.7. The number of carbonyl (C=O) groups is 1. The van der Waals surface area contributed by atoms with Gasteiger partial charge in [0.25, 0.3) is 0 Å². The fraction of sp³-hybridized carbons (Fsp3) is 0.923. The molecule has 1 saturated carbocycles. The Labute approximate surface area is 103 Å². The highest BCUT2D eigenvalue weighted by Gasteiger charge is 2.30. The number of rotatable bonds is 1. The van der Waals surface area contributed by atoms with Gasteiger partial charge in [-0.2, -0.15) is 0 Å². The molecule has 0 aromatic rings. The topological polar surface area (TPSA) is 55.6 Å². The van der Waals surface area contributed by atoms with Crippen molar-refractivity contribution in [2.45, 2.75) is 44.6 Å². The Morgan fingerprint density at radius 1 is 1.06 bits per heavy atom. The number of hydrogen-bond donors (Lipinski definition) is 1. The molecular weight excluding hydrogens is 216 g/mol. The van der Waals surface area contributed by atoms with Crippen LogP contribution in [0.15, 0.2) is 0 Å². The molecule has 2 fully saturated rings. The van der Waals surface area contributed by atoms with Crippen molar-refractivity contribution in [2.75, 3.05) is 26.3 Å². The van der Waals surface area contributed by atoms with E-state index in [-0.39, 0.29) is 17.9 Å². The van der Waals surface area contributed by atoms with Crippen LogP contribution >= 0.6 is 0 Å². The second-order valence-electron chi connectivity index (χ2n) is 5.20.